The Balaban J connectivity index is 2.34. The van der Waals surface area contributed by atoms with Crippen LogP contribution in [0.15, 0.2) is 30.5 Å². The molecule has 0 fully saturated rings. The van der Waals surface area contributed by atoms with Gasteiger partial charge in [0, 0.05) is 22.6 Å². The predicted octanol–water partition coefficient (Wildman–Crippen LogP) is 3.92. The molecular formula is C13H12F3NOS. The van der Waals surface area contributed by atoms with Gasteiger partial charge in [0.05, 0.1) is 12.2 Å². The lowest BCUT2D eigenvalue weighted by molar-refractivity contribution is -0.137. The van der Waals surface area contributed by atoms with Gasteiger partial charge in [-0.1, -0.05) is 19.1 Å². The third-order valence-electron chi connectivity index (χ3n) is 2.72. The fourth-order valence-electron chi connectivity index (χ4n) is 1.57. The van der Waals surface area contributed by atoms with Crippen molar-refractivity contribution in [3.63, 3.8) is 0 Å². The van der Waals surface area contributed by atoms with E-state index in [1.807, 2.05) is 6.92 Å². The molecule has 0 aliphatic heterocycles. The van der Waals surface area contributed by atoms with E-state index in [-0.39, 0.29) is 12.5 Å². The maximum atomic E-state index is 12.6. The zero-order chi connectivity index (χ0) is 14.0. The summed E-state index contributed by atoms with van der Waals surface area (Å²) in [5.41, 5.74) is -0.242. The predicted molar refractivity (Wildman–Crippen MR) is 68.1 cm³/mol. The van der Waals surface area contributed by atoms with E-state index in [4.69, 9.17) is 5.11 Å². The van der Waals surface area contributed by atoms with Gasteiger partial charge in [0.1, 0.15) is 5.01 Å². The summed E-state index contributed by atoms with van der Waals surface area (Å²) in [6, 6.07) is 5.09. The van der Waals surface area contributed by atoms with Crippen LogP contribution in [-0.4, -0.2) is 16.7 Å². The molecule has 6 heteroatoms. The minimum absolute atomic E-state index is 0.00970. The number of benzene rings is 1. The Morgan fingerprint density at radius 1 is 1.37 bits per heavy atom. The molecule has 0 aliphatic carbocycles. The highest BCUT2D eigenvalue weighted by Gasteiger charge is 2.30. The molecule has 0 aliphatic rings. The Hall–Kier alpha value is -1.40. The molecular weight excluding hydrogens is 275 g/mol. The number of aromatic nitrogens is 1. The molecule has 2 aromatic rings. The molecule has 0 saturated carbocycles. The van der Waals surface area contributed by atoms with Crippen LogP contribution in [0.5, 0.6) is 0 Å². The molecule has 1 N–H and O–H groups in total. The van der Waals surface area contributed by atoms with Gasteiger partial charge in [-0.2, -0.15) is 13.2 Å². The largest absolute Gasteiger partial charge is 0.416 e. The Morgan fingerprint density at radius 3 is 2.74 bits per heavy atom. The highest BCUT2D eigenvalue weighted by atomic mass is 32.1. The van der Waals surface area contributed by atoms with E-state index in [1.54, 1.807) is 12.3 Å². The van der Waals surface area contributed by atoms with Crippen LogP contribution in [0.1, 0.15) is 23.3 Å². The summed E-state index contributed by atoms with van der Waals surface area (Å²) >= 11 is 1.30. The first-order chi connectivity index (χ1) is 8.91. The minimum Gasteiger partial charge on any atom is -0.396 e. The molecule has 0 radical (unpaired) electrons. The number of alkyl halides is 3. The van der Waals surface area contributed by atoms with Gasteiger partial charge in [0.2, 0.25) is 0 Å². The van der Waals surface area contributed by atoms with Crippen molar-refractivity contribution in [3.05, 3.63) is 40.9 Å². The maximum Gasteiger partial charge on any atom is 0.416 e. The lowest BCUT2D eigenvalue weighted by atomic mass is 10.1. The zero-order valence-corrected chi connectivity index (χ0v) is 10.9. The molecule has 0 amide bonds. The number of aliphatic hydroxyl groups is 1. The van der Waals surface area contributed by atoms with Crippen LogP contribution in [-0.2, 0) is 6.18 Å². The first kappa shape index (κ1) is 14.0. The standard InChI is InChI=1S/C13H12F3NOS/c1-8(7-18)11-6-17-12(19-11)9-3-2-4-10(5-9)13(14,15)16/h2-6,8,18H,7H2,1H3. The third kappa shape index (κ3) is 3.13. The van der Waals surface area contributed by atoms with Crippen LogP contribution in [0.3, 0.4) is 0 Å². The fraction of sp³-hybridized carbons (Fsp3) is 0.308. The Morgan fingerprint density at radius 2 is 2.11 bits per heavy atom. The number of halogens is 3. The number of hydrogen-bond acceptors (Lipinski definition) is 3. The van der Waals surface area contributed by atoms with E-state index in [9.17, 15) is 13.2 Å². The van der Waals surface area contributed by atoms with Crippen LogP contribution in [0.25, 0.3) is 10.6 Å². The maximum absolute atomic E-state index is 12.6. The van der Waals surface area contributed by atoms with Gasteiger partial charge >= 0.3 is 6.18 Å². The van der Waals surface area contributed by atoms with E-state index in [1.165, 1.54) is 17.4 Å². The van der Waals surface area contributed by atoms with Gasteiger partial charge in [-0.05, 0) is 12.1 Å². The quantitative estimate of drug-likeness (QED) is 0.928. The van der Waals surface area contributed by atoms with Crippen molar-refractivity contribution in [2.75, 3.05) is 6.61 Å². The van der Waals surface area contributed by atoms with Crippen molar-refractivity contribution in [1.82, 2.24) is 4.98 Å². The summed E-state index contributed by atoms with van der Waals surface area (Å²) in [6.45, 7) is 1.83. The van der Waals surface area contributed by atoms with Crippen molar-refractivity contribution in [2.45, 2.75) is 19.0 Å². The second-order valence-electron chi connectivity index (χ2n) is 4.23. The van der Waals surface area contributed by atoms with Gasteiger partial charge in [-0.15, -0.1) is 11.3 Å². The smallest absolute Gasteiger partial charge is 0.396 e. The second-order valence-corrected chi connectivity index (χ2v) is 5.29. The Labute approximate surface area is 112 Å². The molecule has 1 aromatic heterocycles. The average Bonchev–Trinajstić information content (AvgIpc) is 2.86. The van der Waals surface area contributed by atoms with Crippen LogP contribution < -0.4 is 0 Å². The van der Waals surface area contributed by atoms with Gasteiger partial charge < -0.3 is 5.11 Å². The number of thiazole rings is 1. The number of aliphatic hydroxyl groups excluding tert-OH is 1. The van der Waals surface area contributed by atoms with E-state index in [0.29, 0.717) is 10.6 Å². The molecule has 2 rings (SSSR count). The molecule has 0 bridgehead atoms. The van der Waals surface area contributed by atoms with Gasteiger partial charge in [-0.25, -0.2) is 4.98 Å². The summed E-state index contributed by atoms with van der Waals surface area (Å²) in [5.74, 6) is -0.0583. The molecule has 1 aromatic carbocycles. The molecule has 19 heavy (non-hydrogen) atoms. The molecule has 1 atom stereocenters. The van der Waals surface area contributed by atoms with Gasteiger partial charge in [-0.3, -0.25) is 0 Å². The summed E-state index contributed by atoms with van der Waals surface area (Å²) in [7, 11) is 0. The van der Waals surface area contributed by atoms with Gasteiger partial charge in [0.15, 0.2) is 0 Å². The number of hydrogen-bond donors (Lipinski definition) is 1. The second kappa shape index (κ2) is 5.30. The monoisotopic (exact) mass is 287 g/mol. The average molecular weight is 287 g/mol. The van der Waals surface area contributed by atoms with E-state index in [2.05, 4.69) is 4.98 Å². The Bertz CT molecular complexity index is 565. The normalized spacial score (nSPS) is 13.5. The number of nitrogens with zero attached hydrogens (tertiary/aromatic N) is 1. The summed E-state index contributed by atoms with van der Waals surface area (Å²) in [4.78, 5) is 4.98. The molecule has 102 valence electrons. The lowest BCUT2D eigenvalue weighted by Crippen LogP contribution is -2.04. The van der Waals surface area contributed by atoms with E-state index >= 15 is 0 Å². The van der Waals surface area contributed by atoms with Gasteiger partial charge in [0.25, 0.3) is 0 Å². The Kier molecular flexibility index (Phi) is 3.91. The summed E-state index contributed by atoms with van der Waals surface area (Å²) in [5, 5.41) is 9.58. The molecule has 0 saturated heterocycles. The van der Waals surface area contributed by atoms with Crippen LogP contribution in [0.2, 0.25) is 0 Å². The first-order valence-electron chi connectivity index (χ1n) is 5.66. The zero-order valence-electron chi connectivity index (χ0n) is 10.1. The lowest BCUT2D eigenvalue weighted by Gasteiger charge is -2.07. The molecule has 2 nitrogen and oxygen atoms in total. The summed E-state index contributed by atoms with van der Waals surface area (Å²) < 4.78 is 37.9. The fourth-order valence-corrected chi connectivity index (χ4v) is 2.52. The summed E-state index contributed by atoms with van der Waals surface area (Å²) in [6.07, 6.45) is -2.75. The van der Waals surface area contributed by atoms with Crippen molar-refractivity contribution < 1.29 is 18.3 Å². The third-order valence-corrected chi connectivity index (χ3v) is 4.00. The minimum atomic E-state index is -4.35. The SMILES string of the molecule is CC(CO)c1cnc(-c2cccc(C(F)(F)F)c2)s1. The van der Waals surface area contributed by atoms with Crippen molar-refractivity contribution in [1.29, 1.82) is 0 Å². The van der Waals surface area contributed by atoms with Crippen LogP contribution in [0, 0.1) is 0 Å². The van der Waals surface area contributed by atoms with Crippen molar-refractivity contribution in [3.8, 4) is 10.6 Å². The molecule has 1 heterocycles. The van der Waals surface area contributed by atoms with Crippen molar-refractivity contribution in [2.24, 2.45) is 0 Å². The highest BCUT2D eigenvalue weighted by molar-refractivity contribution is 7.15. The topological polar surface area (TPSA) is 33.1 Å². The van der Waals surface area contributed by atoms with Crippen LogP contribution in [0.4, 0.5) is 13.2 Å². The molecule has 1 unspecified atom stereocenters. The van der Waals surface area contributed by atoms with Crippen molar-refractivity contribution >= 4 is 11.3 Å². The number of rotatable bonds is 3. The first-order valence-corrected chi connectivity index (χ1v) is 6.47. The molecule has 0 spiro atoms. The van der Waals surface area contributed by atoms with Crippen LogP contribution >= 0.6 is 11.3 Å². The van der Waals surface area contributed by atoms with E-state index in [0.717, 1.165) is 17.0 Å². The highest BCUT2D eigenvalue weighted by Crippen LogP contribution is 2.34. The van der Waals surface area contributed by atoms with E-state index < -0.39 is 11.7 Å².